The second kappa shape index (κ2) is 8.43. The quantitative estimate of drug-likeness (QED) is 0.808. The van der Waals surface area contributed by atoms with Gasteiger partial charge in [-0.05, 0) is 36.4 Å². The molecule has 1 aliphatic rings. The molecule has 5 nitrogen and oxygen atoms in total. The maximum absolute atomic E-state index is 12.4. The number of hydrogen-bond acceptors (Lipinski definition) is 3. The number of nitrogens with one attached hydrogen (secondary N) is 1. The van der Waals surface area contributed by atoms with Gasteiger partial charge in [-0.1, -0.05) is 35.3 Å². The van der Waals surface area contributed by atoms with Crippen molar-refractivity contribution in [2.75, 3.05) is 36.4 Å². The van der Waals surface area contributed by atoms with Gasteiger partial charge in [-0.25, -0.2) is 0 Å². The van der Waals surface area contributed by atoms with E-state index >= 15 is 0 Å². The van der Waals surface area contributed by atoms with Crippen LogP contribution in [0.1, 0.15) is 6.42 Å². The Morgan fingerprint density at radius 3 is 2.23 bits per heavy atom. The normalized spacial score (nSPS) is 14.2. The second-order valence-corrected chi connectivity index (χ2v) is 6.96. The van der Waals surface area contributed by atoms with Gasteiger partial charge in [0.1, 0.15) is 6.42 Å². The summed E-state index contributed by atoms with van der Waals surface area (Å²) in [6.07, 6.45) is -0.177. The molecule has 1 fully saturated rings. The summed E-state index contributed by atoms with van der Waals surface area (Å²) in [5.41, 5.74) is 1.63. The van der Waals surface area contributed by atoms with Crippen molar-refractivity contribution >= 4 is 46.4 Å². The predicted molar refractivity (Wildman–Crippen MR) is 105 cm³/mol. The smallest absolute Gasteiger partial charge is 0.233 e. The van der Waals surface area contributed by atoms with Crippen molar-refractivity contribution in [3.8, 4) is 0 Å². The number of piperazine rings is 1. The van der Waals surface area contributed by atoms with Gasteiger partial charge < -0.3 is 15.1 Å². The lowest BCUT2D eigenvalue weighted by Gasteiger charge is -2.36. The molecule has 2 aromatic rings. The average Bonchev–Trinajstić information content (AvgIpc) is 2.61. The first-order valence-corrected chi connectivity index (χ1v) is 9.10. The molecule has 0 saturated carbocycles. The molecule has 0 aliphatic carbocycles. The van der Waals surface area contributed by atoms with Crippen LogP contribution in [0.4, 0.5) is 11.4 Å². The topological polar surface area (TPSA) is 52.7 Å². The standard InChI is InChI=1S/C19H19Cl2N3O2/c20-14-3-1-5-16(11-14)22-18(25)13-19(26)24-9-7-23(8-10-24)17-6-2-4-15(21)12-17/h1-6,11-12H,7-10,13H2,(H,22,25). The van der Waals surface area contributed by atoms with Crippen molar-refractivity contribution in [3.05, 3.63) is 58.6 Å². The van der Waals surface area contributed by atoms with E-state index in [1.165, 1.54) is 0 Å². The number of halogens is 2. The number of hydrogen-bond donors (Lipinski definition) is 1. The first-order chi connectivity index (χ1) is 12.5. The lowest BCUT2D eigenvalue weighted by molar-refractivity contribution is -0.134. The van der Waals surface area contributed by atoms with E-state index in [1.54, 1.807) is 29.2 Å². The zero-order valence-electron chi connectivity index (χ0n) is 14.1. The Hall–Kier alpha value is -2.24. The minimum atomic E-state index is -0.338. The summed E-state index contributed by atoms with van der Waals surface area (Å²) in [6, 6.07) is 14.5. The van der Waals surface area contributed by atoms with E-state index in [9.17, 15) is 9.59 Å². The monoisotopic (exact) mass is 391 g/mol. The van der Waals surface area contributed by atoms with Crippen LogP contribution in [-0.2, 0) is 9.59 Å². The highest BCUT2D eigenvalue weighted by molar-refractivity contribution is 6.31. The minimum Gasteiger partial charge on any atom is -0.368 e. The number of carbonyl (C=O) groups is 2. The summed E-state index contributed by atoms with van der Waals surface area (Å²) < 4.78 is 0. The molecule has 26 heavy (non-hydrogen) atoms. The van der Waals surface area contributed by atoms with Gasteiger partial charge in [-0.3, -0.25) is 9.59 Å². The van der Waals surface area contributed by atoms with Gasteiger partial charge in [-0.15, -0.1) is 0 Å². The van der Waals surface area contributed by atoms with Crippen LogP contribution in [0.3, 0.4) is 0 Å². The first kappa shape index (κ1) is 18.5. The van der Waals surface area contributed by atoms with E-state index in [-0.39, 0.29) is 18.2 Å². The molecular weight excluding hydrogens is 373 g/mol. The van der Waals surface area contributed by atoms with Crippen LogP contribution in [0, 0.1) is 0 Å². The van der Waals surface area contributed by atoms with Crippen LogP contribution in [0.2, 0.25) is 10.0 Å². The van der Waals surface area contributed by atoms with Crippen LogP contribution in [0.15, 0.2) is 48.5 Å². The van der Waals surface area contributed by atoms with Crippen LogP contribution < -0.4 is 10.2 Å². The number of amides is 2. The molecule has 1 N–H and O–H groups in total. The van der Waals surface area contributed by atoms with Gasteiger partial charge >= 0.3 is 0 Å². The molecule has 1 saturated heterocycles. The summed E-state index contributed by atoms with van der Waals surface area (Å²) in [5, 5.41) is 3.92. The third-order valence-corrected chi connectivity index (χ3v) is 4.70. The molecule has 2 aromatic carbocycles. The van der Waals surface area contributed by atoms with Crippen LogP contribution in [-0.4, -0.2) is 42.9 Å². The SMILES string of the molecule is O=C(CC(=O)N1CCN(c2cccc(Cl)c2)CC1)Nc1cccc(Cl)c1. The molecule has 1 heterocycles. The lowest BCUT2D eigenvalue weighted by atomic mass is 10.2. The molecule has 0 unspecified atom stereocenters. The molecule has 7 heteroatoms. The van der Waals surface area contributed by atoms with Crippen molar-refractivity contribution in [2.45, 2.75) is 6.42 Å². The second-order valence-electron chi connectivity index (χ2n) is 6.08. The van der Waals surface area contributed by atoms with Crippen LogP contribution in [0.5, 0.6) is 0 Å². The molecule has 0 spiro atoms. The van der Waals surface area contributed by atoms with Gasteiger partial charge in [-0.2, -0.15) is 0 Å². The maximum atomic E-state index is 12.4. The van der Waals surface area contributed by atoms with E-state index in [0.717, 1.165) is 5.69 Å². The van der Waals surface area contributed by atoms with Gasteiger partial charge in [0.15, 0.2) is 0 Å². The zero-order valence-corrected chi connectivity index (χ0v) is 15.6. The summed E-state index contributed by atoms with van der Waals surface area (Å²) in [5.74, 6) is -0.509. The van der Waals surface area contributed by atoms with E-state index in [2.05, 4.69) is 10.2 Å². The highest BCUT2D eigenvalue weighted by Gasteiger charge is 2.23. The Morgan fingerprint density at radius 1 is 0.923 bits per heavy atom. The summed E-state index contributed by atoms with van der Waals surface area (Å²) in [6.45, 7) is 2.58. The largest absolute Gasteiger partial charge is 0.368 e. The fraction of sp³-hybridized carbons (Fsp3) is 0.263. The molecule has 0 bridgehead atoms. The maximum Gasteiger partial charge on any atom is 0.233 e. The molecule has 136 valence electrons. The fourth-order valence-corrected chi connectivity index (χ4v) is 3.28. The van der Waals surface area contributed by atoms with Crippen LogP contribution >= 0.6 is 23.2 Å². The number of anilines is 2. The Morgan fingerprint density at radius 2 is 1.58 bits per heavy atom. The van der Waals surface area contributed by atoms with Gasteiger partial charge in [0, 0.05) is 47.6 Å². The highest BCUT2D eigenvalue weighted by atomic mass is 35.5. The highest BCUT2D eigenvalue weighted by Crippen LogP contribution is 2.21. The third kappa shape index (κ3) is 4.90. The van der Waals surface area contributed by atoms with E-state index in [1.807, 2.05) is 24.3 Å². The van der Waals surface area contributed by atoms with Crippen LogP contribution in [0.25, 0.3) is 0 Å². The Bertz CT molecular complexity index is 805. The molecule has 3 rings (SSSR count). The molecule has 1 aliphatic heterocycles. The summed E-state index contributed by atoms with van der Waals surface area (Å²) in [7, 11) is 0. The molecular formula is C19H19Cl2N3O2. The molecule has 0 aromatic heterocycles. The third-order valence-electron chi connectivity index (χ3n) is 4.23. The Kier molecular flexibility index (Phi) is 6.01. The lowest BCUT2D eigenvalue weighted by Crippen LogP contribution is -2.49. The molecule has 0 radical (unpaired) electrons. The average molecular weight is 392 g/mol. The summed E-state index contributed by atoms with van der Waals surface area (Å²) in [4.78, 5) is 28.3. The number of carbonyl (C=O) groups excluding carboxylic acids is 2. The van der Waals surface area contributed by atoms with Crippen molar-refractivity contribution < 1.29 is 9.59 Å². The van der Waals surface area contributed by atoms with Gasteiger partial charge in [0.05, 0.1) is 0 Å². The van der Waals surface area contributed by atoms with Crippen molar-refractivity contribution in [3.63, 3.8) is 0 Å². The van der Waals surface area contributed by atoms with E-state index < -0.39 is 0 Å². The van der Waals surface area contributed by atoms with Crippen molar-refractivity contribution in [1.29, 1.82) is 0 Å². The minimum absolute atomic E-state index is 0.171. The Labute approximate surface area is 162 Å². The zero-order chi connectivity index (χ0) is 18.5. The van der Waals surface area contributed by atoms with Gasteiger partial charge in [0.2, 0.25) is 11.8 Å². The summed E-state index contributed by atoms with van der Waals surface area (Å²) >= 11 is 11.9. The van der Waals surface area contributed by atoms with Gasteiger partial charge in [0.25, 0.3) is 0 Å². The molecule has 2 amide bonds. The predicted octanol–water partition coefficient (Wildman–Crippen LogP) is 3.67. The Balaban J connectivity index is 1.49. The van der Waals surface area contributed by atoms with Crippen molar-refractivity contribution in [1.82, 2.24) is 4.90 Å². The van der Waals surface area contributed by atoms with E-state index in [0.29, 0.717) is 41.9 Å². The number of benzene rings is 2. The number of rotatable bonds is 4. The fourth-order valence-electron chi connectivity index (χ4n) is 2.91. The molecule has 0 atom stereocenters. The first-order valence-electron chi connectivity index (χ1n) is 8.35. The van der Waals surface area contributed by atoms with Crippen molar-refractivity contribution in [2.24, 2.45) is 0 Å². The number of nitrogens with zero attached hydrogens (tertiary/aromatic N) is 2. The van der Waals surface area contributed by atoms with E-state index in [4.69, 9.17) is 23.2 Å².